The van der Waals surface area contributed by atoms with Crippen molar-refractivity contribution < 1.29 is 4.79 Å². The van der Waals surface area contributed by atoms with Gasteiger partial charge in [0.1, 0.15) is 0 Å². The van der Waals surface area contributed by atoms with E-state index in [-0.39, 0.29) is 5.91 Å². The third kappa shape index (κ3) is 4.29. The number of rotatable bonds is 5. The van der Waals surface area contributed by atoms with E-state index in [0.717, 1.165) is 26.5 Å². The van der Waals surface area contributed by atoms with E-state index in [9.17, 15) is 4.79 Å². The molecule has 1 heterocycles. The molecular formula is C26H26N2OS. The summed E-state index contributed by atoms with van der Waals surface area (Å²) in [5.74, 6) is 0.0653. The number of amides is 1. The maximum absolute atomic E-state index is 13.4. The molecule has 3 nitrogen and oxygen atoms in total. The third-order valence-corrected chi connectivity index (χ3v) is 6.68. The lowest BCUT2D eigenvalue weighted by molar-refractivity contribution is -0.118. The van der Waals surface area contributed by atoms with Gasteiger partial charge in [0.25, 0.3) is 0 Å². The molecule has 0 saturated carbocycles. The van der Waals surface area contributed by atoms with Crippen LogP contribution in [-0.2, 0) is 17.8 Å². The van der Waals surface area contributed by atoms with E-state index in [1.165, 1.54) is 22.3 Å². The molecule has 0 spiro atoms. The second kappa shape index (κ2) is 8.41. The first-order valence-electron chi connectivity index (χ1n) is 10.2. The molecule has 0 unspecified atom stereocenters. The number of aryl methyl sites for hydroxylation is 4. The van der Waals surface area contributed by atoms with Crippen molar-refractivity contribution in [3.8, 4) is 0 Å². The van der Waals surface area contributed by atoms with E-state index in [1.54, 1.807) is 11.3 Å². The van der Waals surface area contributed by atoms with Gasteiger partial charge < -0.3 is 0 Å². The molecule has 0 bridgehead atoms. The molecule has 0 fully saturated rings. The molecule has 0 radical (unpaired) electrons. The van der Waals surface area contributed by atoms with Gasteiger partial charge in [0.2, 0.25) is 5.91 Å². The van der Waals surface area contributed by atoms with Gasteiger partial charge in [-0.05, 0) is 67.1 Å². The molecule has 3 aromatic carbocycles. The Morgan fingerprint density at radius 3 is 2.37 bits per heavy atom. The molecule has 4 heteroatoms. The van der Waals surface area contributed by atoms with Crippen LogP contribution in [0.5, 0.6) is 0 Å². The van der Waals surface area contributed by atoms with Gasteiger partial charge >= 0.3 is 0 Å². The smallest absolute Gasteiger partial charge is 0.233 e. The highest BCUT2D eigenvalue weighted by Gasteiger charge is 2.21. The lowest BCUT2D eigenvalue weighted by Gasteiger charge is -2.20. The molecule has 1 amide bonds. The summed E-state index contributed by atoms with van der Waals surface area (Å²) in [7, 11) is 0. The Kier molecular flexibility index (Phi) is 5.69. The Morgan fingerprint density at radius 2 is 1.63 bits per heavy atom. The van der Waals surface area contributed by atoms with Gasteiger partial charge in [-0.25, -0.2) is 4.98 Å². The van der Waals surface area contributed by atoms with E-state index in [0.29, 0.717) is 13.0 Å². The quantitative estimate of drug-likeness (QED) is 0.384. The lowest BCUT2D eigenvalue weighted by Crippen LogP contribution is -2.31. The Bertz CT molecular complexity index is 1210. The summed E-state index contributed by atoms with van der Waals surface area (Å²) >= 11 is 1.60. The highest BCUT2D eigenvalue weighted by Crippen LogP contribution is 2.33. The van der Waals surface area contributed by atoms with Crippen LogP contribution in [0, 0.1) is 27.7 Å². The Hall–Kier alpha value is -2.98. The van der Waals surface area contributed by atoms with Gasteiger partial charge in [0, 0.05) is 0 Å². The number of hydrogen-bond donors (Lipinski definition) is 0. The number of thiazole rings is 1. The van der Waals surface area contributed by atoms with Crippen LogP contribution in [0.15, 0.2) is 60.7 Å². The van der Waals surface area contributed by atoms with E-state index >= 15 is 0 Å². The Labute approximate surface area is 182 Å². The van der Waals surface area contributed by atoms with Crippen molar-refractivity contribution in [1.82, 2.24) is 4.98 Å². The minimum Gasteiger partial charge on any atom is -0.283 e. The van der Waals surface area contributed by atoms with E-state index in [2.05, 4.69) is 64.1 Å². The molecule has 0 aliphatic rings. The number of anilines is 1. The molecule has 30 heavy (non-hydrogen) atoms. The van der Waals surface area contributed by atoms with E-state index in [4.69, 9.17) is 4.98 Å². The minimum atomic E-state index is 0.0653. The van der Waals surface area contributed by atoms with Crippen molar-refractivity contribution in [2.45, 2.75) is 40.7 Å². The number of benzene rings is 3. The minimum absolute atomic E-state index is 0.0653. The summed E-state index contributed by atoms with van der Waals surface area (Å²) in [6.07, 6.45) is 0.363. The van der Waals surface area contributed by atoms with Crippen molar-refractivity contribution in [3.05, 3.63) is 94.0 Å². The Morgan fingerprint density at radius 1 is 0.867 bits per heavy atom. The van der Waals surface area contributed by atoms with Crippen LogP contribution in [0.2, 0.25) is 0 Å². The van der Waals surface area contributed by atoms with E-state index < -0.39 is 0 Å². The van der Waals surface area contributed by atoms with Crippen LogP contribution in [0.4, 0.5) is 5.13 Å². The van der Waals surface area contributed by atoms with Crippen LogP contribution in [0.3, 0.4) is 0 Å². The number of carbonyl (C=O) groups excluding carboxylic acids is 1. The number of hydrogen-bond acceptors (Lipinski definition) is 3. The first-order valence-corrected chi connectivity index (χ1v) is 11.0. The molecule has 0 saturated heterocycles. The second-order valence-electron chi connectivity index (χ2n) is 7.99. The fraction of sp³-hybridized carbons (Fsp3) is 0.231. The zero-order valence-electron chi connectivity index (χ0n) is 17.9. The molecule has 152 valence electrons. The monoisotopic (exact) mass is 414 g/mol. The van der Waals surface area contributed by atoms with Gasteiger partial charge in [0.15, 0.2) is 5.13 Å². The zero-order chi connectivity index (χ0) is 21.3. The van der Waals surface area contributed by atoms with Crippen LogP contribution in [0.25, 0.3) is 10.2 Å². The van der Waals surface area contributed by atoms with Crippen molar-refractivity contribution in [3.63, 3.8) is 0 Å². The summed E-state index contributed by atoms with van der Waals surface area (Å²) in [5, 5.41) is 0.761. The summed E-state index contributed by atoms with van der Waals surface area (Å²) in [6, 6.07) is 20.6. The standard InChI is InChI=1S/C26H26N2OS/c1-17-12-20(4)25-23(13-17)27-26(30-25)28(16-21-8-6-5-7-9-21)24(29)15-22-11-10-18(2)19(3)14-22/h5-14H,15-16H2,1-4H3. The maximum Gasteiger partial charge on any atom is 0.233 e. The number of nitrogens with zero attached hydrogens (tertiary/aromatic N) is 2. The molecule has 0 N–H and O–H groups in total. The van der Waals surface area contributed by atoms with Crippen molar-refractivity contribution in [2.75, 3.05) is 4.90 Å². The van der Waals surface area contributed by atoms with E-state index in [1.807, 2.05) is 29.2 Å². The van der Waals surface area contributed by atoms with Gasteiger partial charge in [-0.15, -0.1) is 0 Å². The normalized spacial score (nSPS) is 11.1. The van der Waals surface area contributed by atoms with Crippen LogP contribution in [0.1, 0.15) is 33.4 Å². The average molecular weight is 415 g/mol. The zero-order valence-corrected chi connectivity index (χ0v) is 18.7. The third-order valence-electron chi connectivity index (χ3n) is 5.45. The molecule has 4 rings (SSSR count). The Balaban J connectivity index is 1.71. The predicted molar refractivity (Wildman–Crippen MR) is 126 cm³/mol. The summed E-state index contributed by atoms with van der Waals surface area (Å²) < 4.78 is 1.15. The highest BCUT2D eigenvalue weighted by molar-refractivity contribution is 7.22. The fourth-order valence-electron chi connectivity index (χ4n) is 3.69. The van der Waals surface area contributed by atoms with Crippen molar-refractivity contribution in [2.24, 2.45) is 0 Å². The van der Waals surface area contributed by atoms with Gasteiger partial charge in [-0.1, -0.05) is 65.9 Å². The summed E-state index contributed by atoms with van der Waals surface area (Å²) in [5.41, 5.74) is 7.94. The van der Waals surface area contributed by atoms with Gasteiger partial charge in [0.05, 0.1) is 23.2 Å². The van der Waals surface area contributed by atoms with Gasteiger partial charge in [-0.3, -0.25) is 9.69 Å². The second-order valence-corrected chi connectivity index (χ2v) is 8.96. The molecule has 0 atom stereocenters. The molecule has 4 aromatic rings. The van der Waals surface area contributed by atoms with Gasteiger partial charge in [-0.2, -0.15) is 0 Å². The lowest BCUT2D eigenvalue weighted by atomic mass is 10.0. The number of aromatic nitrogens is 1. The highest BCUT2D eigenvalue weighted by atomic mass is 32.1. The molecular weight excluding hydrogens is 388 g/mol. The fourth-order valence-corrected chi connectivity index (χ4v) is 4.72. The molecule has 0 aliphatic carbocycles. The van der Waals surface area contributed by atoms with Crippen molar-refractivity contribution >= 4 is 32.6 Å². The van der Waals surface area contributed by atoms with Crippen LogP contribution < -0.4 is 4.90 Å². The molecule has 1 aromatic heterocycles. The predicted octanol–water partition coefficient (Wildman–Crippen LogP) is 6.31. The summed E-state index contributed by atoms with van der Waals surface area (Å²) in [6.45, 7) is 8.88. The largest absolute Gasteiger partial charge is 0.283 e. The number of fused-ring (bicyclic) bond motifs is 1. The average Bonchev–Trinajstić information content (AvgIpc) is 3.13. The topological polar surface area (TPSA) is 33.2 Å². The van der Waals surface area contributed by atoms with Crippen molar-refractivity contribution in [1.29, 1.82) is 0 Å². The molecule has 0 aliphatic heterocycles. The summed E-state index contributed by atoms with van der Waals surface area (Å²) in [4.78, 5) is 20.1. The van der Waals surface area contributed by atoms with Crippen LogP contribution in [-0.4, -0.2) is 10.9 Å². The van der Waals surface area contributed by atoms with Crippen LogP contribution >= 0.6 is 11.3 Å². The first kappa shape index (κ1) is 20.3. The first-order chi connectivity index (χ1) is 14.4. The SMILES string of the molecule is Cc1cc(C)c2sc(N(Cc3ccccc3)C(=O)Cc3ccc(C)c(C)c3)nc2c1. The maximum atomic E-state index is 13.4. The number of carbonyl (C=O) groups is 1.